The van der Waals surface area contributed by atoms with E-state index in [9.17, 15) is 0 Å². The van der Waals surface area contributed by atoms with Crippen LogP contribution in [0.15, 0.2) is 218 Å². The first-order chi connectivity index (χ1) is 29.3. The van der Waals surface area contributed by atoms with E-state index in [0.717, 1.165) is 22.4 Å². The molecular weight excluding hydrogens is 713 g/mol. The van der Waals surface area contributed by atoms with Crippen LogP contribution in [0.1, 0.15) is 44.5 Å². The summed E-state index contributed by atoms with van der Waals surface area (Å²) in [5, 5.41) is 4.84. The topological polar surface area (TPSA) is 9.23 Å². The molecule has 13 rings (SSSR count). The molecule has 0 saturated heterocycles. The Morgan fingerprint density at radius 2 is 0.831 bits per heavy atom. The monoisotopic (exact) mass is 748 g/mol. The summed E-state index contributed by atoms with van der Waals surface area (Å²) in [6.45, 7) is 0. The fourth-order valence-corrected chi connectivity index (χ4v) is 11.2. The minimum absolute atomic E-state index is 0.519. The van der Waals surface area contributed by atoms with Crippen molar-refractivity contribution in [3.8, 4) is 44.9 Å². The van der Waals surface area contributed by atoms with Crippen LogP contribution < -0.4 is 4.74 Å². The van der Waals surface area contributed by atoms with Crippen LogP contribution in [0.3, 0.4) is 0 Å². The van der Waals surface area contributed by atoms with Crippen molar-refractivity contribution in [2.75, 3.05) is 0 Å². The number of hydrogen-bond donors (Lipinski definition) is 0. The second-order valence-electron chi connectivity index (χ2n) is 16.3. The largest absolute Gasteiger partial charge is 0.456 e. The summed E-state index contributed by atoms with van der Waals surface area (Å²) >= 11 is 0. The number of fused-ring (bicyclic) bond motifs is 16. The molecule has 0 fully saturated rings. The van der Waals surface area contributed by atoms with Crippen LogP contribution in [0.5, 0.6) is 11.5 Å². The maximum atomic E-state index is 7.10. The molecule has 3 aliphatic rings. The van der Waals surface area contributed by atoms with Gasteiger partial charge in [-0.1, -0.05) is 200 Å². The third-order valence-corrected chi connectivity index (χ3v) is 13.6. The van der Waals surface area contributed by atoms with E-state index in [1.54, 1.807) is 0 Å². The lowest BCUT2D eigenvalue weighted by atomic mass is 9.65. The van der Waals surface area contributed by atoms with Gasteiger partial charge in [-0.3, -0.25) is 0 Å². The smallest absolute Gasteiger partial charge is 0.140 e. The van der Waals surface area contributed by atoms with E-state index in [-0.39, 0.29) is 0 Å². The highest BCUT2D eigenvalue weighted by Gasteiger charge is 2.52. The minimum atomic E-state index is -0.570. The fourth-order valence-electron chi connectivity index (χ4n) is 11.2. The Morgan fingerprint density at radius 3 is 1.51 bits per heavy atom. The summed E-state index contributed by atoms with van der Waals surface area (Å²) in [5.41, 5.74) is 16.5. The zero-order chi connectivity index (χ0) is 38.7. The van der Waals surface area contributed by atoms with Gasteiger partial charge in [-0.25, -0.2) is 0 Å². The molecule has 10 aromatic rings. The maximum absolute atomic E-state index is 7.10. The van der Waals surface area contributed by atoms with Gasteiger partial charge in [-0.05, 0) is 101 Å². The van der Waals surface area contributed by atoms with E-state index in [2.05, 4.69) is 218 Å². The molecule has 10 aromatic carbocycles. The van der Waals surface area contributed by atoms with Crippen LogP contribution in [-0.2, 0) is 10.8 Å². The lowest BCUT2D eigenvalue weighted by Gasteiger charge is -2.40. The van der Waals surface area contributed by atoms with Gasteiger partial charge in [0.15, 0.2) is 0 Å². The van der Waals surface area contributed by atoms with Gasteiger partial charge in [-0.2, -0.15) is 0 Å². The molecule has 0 unspecified atom stereocenters. The molecule has 0 N–H and O–H groups in total. The van der Waals surface area contributed by atoms with E-state index < -0.39 is 10.8 Å². The first kappa shape index (κ1) is 32.6. The molecule has 1 aliphatic heterocycles. The minimum Gasteiger partial charge on any atom is -0.456 e. The van der Waals surface area contributed by atoms with E-state index >= 15 is 0 Å². The molecule has 0 aromatic heterocycles. The van der Waals surface area contributed by atoms with Gasteiger partial charge in [0.25, 0.3) is 0 Å². The van der Waals surface area contributed by atoms with E-state index in [1.807, 2.05) is 0 Å². The zero-order valence-corrected chi connectivity index (χ0v) is 32.2. The number of benzene rings is 10. The van der Waals surface area contributed by atoms with Gasteiger partial charge in [-0.15, -0.1) is 0 Å². The quantitative estimate of drug-likeness (QED) is 0.175. The van der Waals surface area contributed by atoms with Gasteiger partial charge in [0.05, 0.1) is 10.8 Å². The van der Waals surface area contributed by atoms with Crippen molar-refractivity contribution in [3.63, 3.8) is 0 Å². The van der Waals surface area contributed by atoms with Crippen LogP contribution in [0.4, 0.5) is 0 Å². The van der Waals surface area contributed by atoms with Crippen molar-refractivity contribution in [1.82, 2.24) is 0 Å². The van der Waals surface area contributed by atoms with Gasteiger partial charge in [0.2, 0.25) is 0 Å². The Morgan fingerprint density at radius 1 is 0.305 bits per heavy atom. The first-order valence-electron chi connectivity index (χ1n) is 20.6. The molecule has 1 nitrogen and oxygen atoms in total. The standard InChI is InChI=1S/C58H36O/c1-3-17-41(18-4-1)57(42-19-5-2-6-20-42)50-32-28-37-15-7-9-21-43(37)55(50)47-31-27-39(35-52(47)57)40-30-34-54-53(36-40)58(51-33-29-38-16-8-10-22-44(38)56(51)59-54)48-25-13-11-23-45(48)46-24-12-14-26-49(46)58/h1-36H. The highest BCUT2D eigenvalue weighted by molar-refractivity contribution is 6.05. The number of ether oxygens (including phenoxy) is 1. The van der Waals surface area contributed by atoms with Crippen LogP contribution in [0.25, 0.3) is 54.9 Å². The Kier molecular flexibility index (Phi) is 6.64. The normalized spacial score (nSPS) is 14.5. The van der Waals surface area contributed by atoms with E-state index in [1.165, 1.54) is 88.5 Å². The predicted molar refractivity (Wildman–Crippen MR) is 242 cm³/mol. The molecule has 1 heteroatoms. The molecule has 59 heavy (non-hydrogen) atoms. The Hall–Kier alpha value is -7.48. The summed E-state index contributed by atoms with van der Waals surface area (Å²) in [4.78, 5) is 0. The molecule has 0 atom stereocenters. The molecule has 0 saturated carbocycles. The van der Waals surface area contributed by atoms with Gasteiger partial charge in [0.1, 0.15) is 11.5 Å². The number of rotatable bonds is 3. The summed E-state index contributed by atoms with van der Waals surface area (Å²) in [6, 6.07) is 81.1. The lowest BCUT2D eigenvalue weighted by Crippen LogP contribution is -2.32. The third-order valence-electron chi connectivity index (χ3n) is 13.6. The summed E-state index contributed by atoms with van der Waals surface area (Å²) < 4.78 is 7.10. The lowest BCUT2D eigenvalue weighted by molar-refractivity contribution is 0.442. The second kappa shape index (κ2) is 12.0. The predicted octanol–water partition coefficient (Wildman–Crippen LogP) is 14.5. The zero-order valence-electron chi connectivity index (χ0n) is 32.2. The van der Waals surface area contributed by atoms with E-state index in [4.69, 9.17) is 4.74 Å². The van der Waals surface area contributed by atoms with Gasteiger partial charge in [0, 0.05) is 16.5 Å². The highest BCUT2D eigenvalue weighted by Crippen LogP contribution is 2.64. The third kappa shape index (κ3) is 4.19. The van der Waals surface area contributed by atoms with Crippen molar-refractivity contribution < 1.29 is 4.74 Å². The summed E-state index contributed by atoms with van der Waals surface area (Å²) in [5.74, 6) is 1.83. The number of hydrogen-bond acceptors (Lipinski definition) is 1. The molecule has 0 radical (unpaired) electrons. The summed E-state index contributed by atoms with van der Waals surface area (Å²) in [6.07, 6.45) is 0. The summed E-state index contributed by atoms with van der Waals surface area (Å²) in [7, 11) is 0. The SMILES string of the molecule is c1ccc(C2(c3ccccc3)c3cc(-c4ccc5c(c4)C4(c6ccccc6-c6ccccc64)c4ccc6ccccc6c4O5)ccc3-c3c2ccc2ccccc32)cc1. The highest BCUT2D eigenvalue weighted by atomic mass is 16.5. The van der Waals surface area contributed by atoms with Crippen LogP contribution in [0, 0.1) is 0 Å². The van der Waals surface area contributed by atoms with Crippen LogP contribution in [-0.4, -0.2) is 0 Å². The average Bonchev–Trinajstić information content (AvgIpc) is 3.78. The molecule has 1 heterocycles. The van der Waals surface area contributed by atoms with Crippen LogP contribution in [0.2, 0.25) is 0 Å². The van der Waals surface area contributed by atoms with Gasteiger partial charge < -0.3 is 4.74 Å². The molecule has 2 aliphatic carbocycles. The maximum Gasteiger partial charge on any atom is 0.140 e. The van der Waals surface area contributed by atoms with Crippen molar-refractivity contribution in [1.29, 1.82) is 0 Å². The Balaban J connectivity index is 1.10. The Labute approximate surface area is 343 Å². The Bertz CT molecular complexity index is 3270. The first-order valence-corrected chi connectivity index (χ1v) is 20.6. The second-order valence-corrected chi connectivity index (χ2v) is 16.3. The molecule has 1 spiro atoms. The molecular formula is C58H36O. The molecule has 274 valence electrons. The van der Waals surface area contributed by atoms with Crippen molar-refractivity contribution in [3.05, 3.63) is 263 Å². The van der Waals surface area contributed by atoms with Crippen molar-refractivity contribution >= 4 is 21.5 Å². The average molecular weight is 749 g/mol. The fraction of sp³-hybridized carbons (Fsp3) is 0.0345. The van der Waals surface area contributed by atoms with E-state index in [0.29, 0.717) is 0 Å². The van der Waals surface area contributed by atoms with Crippen LogP contribution >= 0.6 is 0 Å². The van der Waals surface area contributed by atoms with Crippen molar-refractivity contribution in [2.45, 2.75) is 10.8 Å². The van der Waals surface area contributed by atoms with Gasteiger partial charge >= 0.3 is 0 Å². The molecule has 0 bridgehead atoms. The van der Waals surface area contributed by atoms with Crippen molar-refractivity contribution in [2.24, 2.45) is 0 Å². The molecule has 0 amide bonds.